The Balaban J connectivity index is 1.83. The zero-order valence-electron chi connectivity index (χ0n) is 15.0. The summed E-state index contributed by atoms with van der Waals surface area (Å²) in [7, 11) is 1.73. The van der Waals surface area contributed by atoms with Gasteiger partial charge in [-0.2, -0.15) is 0 Å². The average Bonchev–Trinajstić information content (AvgIpc) is 2.67. The molecular formula is C20H18N6O. The predicted octanol–water partition coefficient (Wildman–Crippen LogP) is 3.52. The van der Waals surface area contributed by atoms with Crippen molar-refractivity contribution in [1.29, 1.82) is 0 Å². The van der Waals surface area contributed by atoms with E-state index >= 15 is 0 Å². The standard InChI is InChI=1S/C20H18N6O/c1-13-3-5-15(6-4-13)23-19-18-14(7-10-26(2)20(18)27)11-16(25-19)24-17-12-21-8-9-22-17/h3-12H,1-2H3,(H2,22,23,24,25). The number of benzene rings is 1. The van der Waals surface area contributed by atoms with Crippen LogP contribution < -0.4 is 16.2 Å². The van der Waals surface area contributed by atoms with E-state index in [9.17, 15) is 4.79 Å². The second-order valence-corrected chi connectivity index (χ2v) is 6.26. The van der Waals surface area contributed by atoms with Gasteiger partial charge < -0.3 is 15.2 Å². The number of hydrogen-bond acceptors (Lipinski definition) is 6. The summed E-state index contributed by atoms with van der Waals surface area (Å²) < 4.78 is 1.54. The molecule has 4 aromatic rings. The molecule has 0 bridgehead atoms. The van der Waals surface area contributed by atoms with Crippen LogP contribution in [0, 0.1) is 6.92 Å². The molecule has 7 nitrogen and oxygen atoms in total. The van der Waals surface area contributed by atoms with Gasteiger partial charge in [0.1, 0.15) is 17.5 Å². The van der Waals surface area contributed by atoms with Crippen LogP contribution in [0.5, 0.6) is 0 Å². The fourth-order valence-electron chi connectivity index (χ4n) is 2.78. The number of fused-ring (bicyclic) bond motifs is 1. The molecule has 0 unspecified atom stereocenters. The molecule has 0 saturated heterocycles. The van der Waals surface area contributed by atoms with Gasteiger partial charge in [0.15, 0.2) is 0 Å². The molecule has 3 aromatic heterocycles. The zero-order valence-corrected chi connectivity index (χ0v) is 15.0. The molecule has 4 rings (SSSR count). The van der Waals surface area contributed by atoms with Crippen LogP contribution in [0.1, 0.15) is 5.56 Å². The molecular weight excluding hydrogens is 340 g/mol. The topological polar surface area (TPSA) is 84.7 Å². The van der Waals surface area contributed by atoms with Gasteiger partial charge in [-0.1, -0.05) is 17.7 Å². The van der Waals surface area contributed by atoms with E-state index in [1.54, 1.807) is 36.4 Å². The Bertz CT molecular complexity index is 1150. The largest absolute Gasteiger partial charge is 0.339 e. The number of nitrogens with zero attached hydrogens (tertiary/aromatic N) is 4. The summed E-state index contributed by atoms with van der Waals surface area (Å²) in [5.41, 5.74) is 1.91. The van der Waals surface area contributed by atoms with Crippen molar-refractivity contribution < 1.29 is 0 Å². The molecule has 3 heterocycles. The van der Waals surface area contributed by atoms with E-state index in [0.29, 0.717) is 22.8 Å². The zero-order chi connectivity index (χ0) is 18.8. The van der Waals surface area contributed by atoms with E-state index in [1.807, 2.05) is 43.3 Å². The molecule has 2 N–H and O–H groups in total. The first-order valence-corrected chi connectivity index (χ1v) is 8.47. The first-order valence-electron chi connectivity index (χ1n) is 8.47. The lowest BCUT2D eigenvalue weighted by Gasteiger charge is -2.13. The third-order valence-electron chi connectivity index (χ3n) is 4.20. The number of anilines is 4. The van der Waals surface area contributed by atoms with Gasteiger partial charge in [-0.3, -0.25) is 9.78 Å². The Morgan fingerprint density at radius 3 is 2.56 bits per heavy atom. The van der Waals surface area contributed by atoms with E-state index in [-0.39, 0.29) is 5.56 Å². The highest BCUT2D eigenvalue weighted by molar-refractivity contribution is 5.94. The summed E-state index contributed by atoms with van der Waals surface area (Å²) in [5.74, 6) is 1.64. The molecule has 0 fully saturated rings. The SMILES string of the molecule is Cc1ccc(Nc2nc(Nc3cnccn3)cc3ccn(C)c(=O)c23)cc1. The lowest BCUT2D eigenvalue weighted by Crippen LogP contribution is -2.17. The predicted molar refractivity (Wildman–Crippen MR) is 107 cm³/mol. The molecule has 27 heavy (non-hydrogen) atoms. The number of hydrogen-bond donors (Lipinski definition) is 2. The van der Waals surface area contributed by atoms with E-state index in [1.165, 1.54) is 0 Å². The van der Waals surface area contributed by atoms with Crippen LogP contribution in [0.15, 0.2) is 66.0 Å². The van der Waals surface area contributed by atoms with Gasteiger partial charge >= 0.3 is 0 Å². The van der Waals surface area contributed by atoms with E-state index in [2.05, 4.69) is 25.6 Å². The number of pyridine rings is 2. The molecule has 0 aliphatic rings. The van der Waals surface area contributed by atoms with Crippen LogP contribution in [0.4, 0.5) is 23.1 Å². The van der Waals surface area contributed by atoms with Gasteiger partial charge in [-0.15, -0.1) is 0 Å². The number of rotatable bonds is 4. The first kappa shape index (κ1) is 16.7. The molecule has 1 aromatic carbocycles. The Labute approximate surface area is 155 Å². The molecule has 0 spiro atoms. The highest BCUT2D eigenvalue weighted by atomic mass is 16.1. The van der Waals surface area contributed by atoms with Gasteiger partial charge in [0, 0.05) is 31.3 Å². The quantitative estimate of drug-likeness (QED) is 0.581. The molecule has 7 heteroatoms. The van der Waals surface area contributed by atoms with Crippen LogP contribution in [0.3, 0.4) is 0 Å². The van der Waals surface area contributed by atoms with E-state index in [4.69, 9.17) is 0 Å². The lowest BCUT2D eigenvalue weighted by molar-refractivity contribution is 0.873. The molecule has 0 saturated carbocycles. The Kier molecular flexibility index (Phi) is 4.25. The van der Waals surface area contributed by atoms with Crippen molar-refractivity contribution >= 4 is 33.9 Å². The Morgan fingerprint density at radius 2 is 1.81 bits per heavy atom. The maximum atomic E-state index is 12.7. The van der Waals surface area contributed by atoms with Gasteiger partial charge in [-0.25, -0.2) is 9.97 Å². The highest BCUT2D eigenvalue weighted by Gasteiger charge is 2.12. The fourth-order valence-corrected chi connectivity index (χ4v) is 2.78. The summed E-state index contributed by atoms with van der Waals surface area (Å²) in [4.78, 5) is 25.6. The molecule has 0 atom stereocenters. The molecule has 0 amide bonds. The minimum absolute atomic E-state index is 0.110. The minimum atomic E-state index is -0.110. The summed E-state index contributed by atoms with van der Waals surface area (Å²) >= 11 is 0. The van der Waals surface area contributed by atoms with Crippen molar-refractivity contribution in [3.63, 3.8) is 0 Å². The minimum Gasteiger partial charge on any atom is -0.339 e. The van der Waals surface area contributed by atoms with Crippen molar-refractivity contribution in [3.8, 4) is 0 Å². The van der Waals surface area contributed by atoms with Crippen molar-refractivity contribution in [2.24, 2.45) is 7.05 Å². The molecule has 0 aliphatic heterocycles. The van der Waals surface area contributed by atoms with Crippen LogP contribution in [-0.4, -0.2) is 19.5 Å². The Hall–Kier alpha value is -3.74. The number of nitrogens with one attached hydrogen (secondary N) is 2. The van der Waals surface area contributed by atoms with Gasteiger partial charge in [0.05, 0.1) is 11.6 Å². The van der Waals surface area contributed by atoms with Gasteiger partial charge in [0.2, 0.25) is 0 Å². The summed E-state index contributed by atoms with van der Waals surface area (Å²) in [5, 5.41) is 7.72. The Morgan fingerprint density at radius 1 is 1.00 bits per heavy atom. The monoisotopic (exact) mass is 358 g/mol. The van der Waals surface area contributed by atoms with Crippen molar-refractivity contribution in [3.05, 3.63) is 77.1 Å². The summed E-state index contributed by atoms with van der Waals surface area (Å²) in [6.45, 7) is 2.03. The second kappa shape index (κ2) is 6.87. The third kappa shape index (κ3) is 3.48. The van der Waals surface area contributed by atoms with Crippen LogP contribution >= 0.6 is 0 Å². The van der Waals surface area contributed by atoms with Crippen LogP contribution in [0.25, 0.3) is 10.8 Å². The third-order valence-corrected chi connectivity index (χ3v) is 4.20. The second-order valence-electron chi connectivity index (χ2n) is 6.26. The smallest absolute Gasteiger partial charge is 0.261 e. The van der Waals surface area contributed by atoms with E-state index < -0.39 is 0 Å². The molecule has 0 aliphatic carbocycles. The number of aromatic nitrogens is 4. The maximum Gasteiger partial charge on any atom is 0.261 e. The fraction of sp³-hybridized carbons (Fsp3) is 0.100. The summed E-state index contributed by atoms with van der Waals surface area (Å²) in [6.07, 6.45) is 6.56. The van der Waals surface area contributed by atoms with Gasteiger partial charge in [0.25, 0.3) is 5.56 Å². The van der Waals surface area contributed by atoms with E-state index in [0.717, 1.165) is 16.6 Å². The van der Waals surface area contributed by atoms with Crippen LogP contribution in [0.2, 0.25) is 0 Å². The van der Waals surface area contributed by atoms with Crippen LogP contribution in [-0.2, 0) is 7.05 Å². The highest BCUT2D eigenvalue weighted by Crippen LogP contribution is 2.26. The summed E-state index contributed by atoms with van der Waals surface area (Å²) in [6, 6.07) is 11.6. The van der Waals surface area contributed by atoms with Crippen molar-refractivity contribution in [2.45, 2.75) is 6.92 Å². The first-order chi connectivity index (χ1) is 13.1. The van der Waals surface area contributed by atoms with Crippen molar-refractivity contribution in [2.75, 3.05) is 10.6 Å². The van der Waals surface area contributed by atoms with Crippen molar-refractivity contribution in [1.82, 2.24) is 19.5 Å². The molecule has 134 valence electrons. The average molecular weight is 358 g/mol. The normalized spacial score (nSPS) is 10.7. The lowest BCUT2D eigenvalue weighted by atomic mass is 10.2. The number of aryl methyl sites for hydroxylation is 2. The maximum absolute atomic E-state index is 12.7. The van der Waals surface area contributed by atoms with Gasteiger partial charge in [-0.05, 0) is 36.6 Å². The molecule has 0 radical (unpaired) electrons.